The van der Waals surface area contributed by atoms with E-state index in [1.807, 2.05) is 0 Å². The SMILES string of the molecule is CCCCCO[C@@H]1O[C@H](C(=O)O)[C@@H](OCCCCC)[C@H](OCCCCC)[C@H]1OCCCCC. The van der Waals surface area contributed by atoms with Gasteiger partial charge in [0.2, 0.25) is 0 Å². The van der Waals surface area contributed by atoms with Gasteiger partial charge in [-0.3, -0.25) is 0 Å². The highest BCUT2D eigenvalue weighted by atomic mass is 16.7. The highest BCUT2D eigenvalue weighted by Crippen LogP contribution is 2.30. The molecule has 196 valence electrons. The third kappa shape index (κ3) is 12.0. The lowest BCUT2D eigenvalue weighted by Crippen LogP contribution is -2.63. The number of hydrogen-bond donors (Lipinski definition) is 1. The number of carboxylic acids is 1. The zero-order valence-corrected chi connectivity index (χ0v) is 21.6. The average Bonchev–Trinajstić information content (AvgIpc) is 2.81. The molecule has 0 amide bonds. The summed E-state index contributed by atoms with van der Waals surface area (Å²) in [4.78, 5) is 12.1. The van der Waals surface area contributed by atoms with Crippen molar-refractivity contribution < 1.29 is 33.6 Å². The number of unbranched alkanes of at least 4 members (excludes halogenated alkanes) is 8. The predicted octanol–water partition coefficient (Wildman–Crippen LogP) is 5.73. The Hall–Kier alpha value is -0.730. The Morgan fingerprint density at radius 2 is 1.00 bits per heavy atom. The van der Waals surface area contributed by atoms with Crippen molar-refractivity contribution in [1.29, 1.82) is 0 Å². The first-order valence-corrected chi connectivity index (χ1v) is 13.4. The third-order valence-electron chi connectivity index (χ3n) is 5.94. The van der Waals surface area contributed by atoms with E-state index in [-0.39, 0.29) is 0 Å². The minimum absolute atomic E-state index is 0.477. The summed E-state index contributed by atoms with van der Waals surface area (Å²) in [5.74, 6) is -1.05. The van der Waals surface area contributed by atoms with Crippen molar-refractivity contribution in [3.63, 3.8) is 0 Å². The van der Waals surface area contributed by atoms with Gasteiger partial charge in [-0.05, 0) is 25.7 Å². The molecule has 0 aromatic carbocycles. The fraction of sp³-hybridized carbons (Fsp3) is 0.962. The van der Waals surface area contributed by atoms with E-state index in [4.69, 9.17) is 23.7 Å². The summed E-state index contributed by atoms with van der Waals surface area (Å²) < 4.78 is 30.7. The Kier molecular flexibility index (Phi) is 18.0. The summed E-state index contributed by atoms with van der Waals surface area (Å²) in [6, 6.07) is 0. The Morgan fingerprint density at radius 3 is 1.42 bits per heavy atom. The molecule has 1 aliphatic rings. The normalized spacial score (nSPS) is 25.4. The van der Waals surface area contributed by atoms with Crippen LogP contribution in [0.15, 0.2) is 0 Å². The van der Waals surface area contributed by atoms with Crippen molar-refractivity contribution in [2.24, 2.45) is 0 Å². The fourth-order valence-electron chi connectivity index (χ4n) is 3.96. The maximum absolute atomic E-state index is 12.1. The molecule has 0 aromatic rings. The molecule has 0 bridgehead atoms. The van der Waals surface area contributed by atoms with E-state index >= 15 is 0 Å². The summed E-state index contributed by atoms with van der Waals surface area (Å²) in [5.41, 5.74) is 0. The topological polar surface area (TPSA) is 83.5 Å². The molecule has 0 unspecified atom stereocenters. The van der Waals surface area contributed by atoms with Crippen LogP contribution >= 0.6 is 0 Å². The van der Waals surface area contributed by atoms with Gasteiger partial charge in [0.1, 0.15) is 18.3 Å². The van der Waals surface area contributed by atoms with Crippen molar-refractivity contribution in [2.45, 2.75) is 135 Å². The molecule has 1 fully saturated rings. The highest BCUT2D eigenvalue weighted by Gasteiger charge is 2.51. The molecule has 1 aliphatic heterocycles. The summed E-state index contributed by atoms with van der Waals surface area (Å²) in [6.45, 7) is 10.6. The van der Waals surface area contributed by atoms with Gasteiger partial charge in [0.15, 0.2) is 12.4 Å². The second kappa shape index (κ2) is 19.6. The largest absolute Gasteiger partial charge is 0.479 e. The Morgan fingerprint density at radius 1 is 0.606 bits per heavy atom. The van der Waals surface area contributed by atoms with Gasteiger partial charge in [-0.2, -0.15) is 0 Å². The fourth-order valence-corrected chi connectivity index (χ4v) is 3.96. The van der Waals surface area contributed by atoms with Gasteiger partial charge in [0.25, 0.3) is 0 Å². The lowest BCUT2D eigenvalue weighted by atomic mass is 9.97. The predicted molar refractivity (Wildman–Crippen MR) is 130 cm³/mol. The lowest BCUT2D eigenvalue weighted by Gasteiger charge is -2.44. The molecule has 7 nitrogen and oxygen atoms in total. The van der Waals surface area contributed by atoms with Gasteiger partial charge in [-0.25, -0.2) is 4.79 Å². The van der Waals surface area contributed by atoms with Crippen LogP contribution in [0.25, 0.3) is 0 Å². The van der Waals surface area contributed by atoms with Crippen LogP contribution in [0.1, 0.15) is 105 Å². The maximum atomic E-state index is 12.1. The number of hydrogen-bond acceptors (Lipinski definition) is 6. The zero-order valence-electron chi connectivity index (χ0n) is 21.6. The van der Waals surface area contributed by atoms with Crippen LogP contribution in [0.4, 0.5) is 0 Å². The molecular formula is C26H50O7. The summed E-state index contributed by atoms with van der Waals surface area (Å²) in [5, 5.41) is 9.94. The van der Waals surface area contributed by atoms with Crippen molar-refractivity contribution in [1.82, 2.24) is 0 Å². The van der Waals surface area contributed by atoms with E-state index in [2.05, 4.69) is 27.7 Å². The van der Waals surface area contributed by atoms with Gasteiger partial charge >= 0.3 is 5.97 Å². The second-order valence-electron chi connectivity index (χ2n) is 8.97. The standard InChI is InChI=1S/C26H50O7/c1-5-9-13-17-29-21-22(30-18-14-10-6-2)24(31-19-15-11-7-3)26(32-20-16-12-8-4)33-23(21)25(27)28/h21-24,26H,5-20H2,1-4H3,(H,27,28)/t21-,22-,23-,24+,26+/m0/s1. The number of carbonyl (C=O) groups is 1. The minimum atomic E-state index is -1.14. The van der Waals surface area contributed by atoms with Crippen LogP contribution in [0.2, 0.25) is 0 Å². The van der Waals surface area contributed by atoms with Crippen molar-refractivity contribution in [3.8, 4) is 0 Å². The van der Waals surface area contributed by atoms with Crippen LogP contribution in [-0.2, 0) is 28.5 Å². The van der Waals surface area contributed by atoms with E-state index in [0.29, 0.717) is 26.4 Å². The molecule has 1 N–H and O–H groups in total. The van der Waals surface area contributed by atoms with Gasteiger partial charge < -0.3 is 28.8 Å². The van der Waals surface area contributed by atoms with Crippen molar-refractivity contribution >= 4 is 5.97 Å². The Bertz CT molecular complexity index is 474. The number of aliphatic carboxylic acids is 1. The molecule has 33 heavy (non-hydrogen) atoms. The molecule has 1 rings (SSSR count). The van der Waals surface area contributed by atoms with Crippen LogP contribution in [-0.4, -0.2) is 68.2 Å². The number of rotatable bonds is 21. The number of ether oxygens (including phenoxy) is 5. The molecule has 0 saturated carbocycles. The van der Waals surface area contributed by atoms with E-state index in [1.165, 1.54) is 0 Å². The molecule has 0 aromatic heterocycles. The summed E-state index contributed by atoms with van der Waals surface area (Å²) in [7, 11) is 0. The molecule has 7 heteroatoms. The molecule has 0 spiro atoms. The quantitative estimate of drug-likeness (QED) is 0.213. The first kappa shape index (κ1) is 30.3. The first-order valence-electron chi connectivity index (χ1n) is 13.4. The number of carboxylic acid groups (broad SMARTS) is 1. The van der Waals surface area contributed by atoms with Crippen molar-refractivity contribution in [3.05, 3.63) is 0 Å². The molecular weight excluding hydrogens is 424 g/mol. The van der Waals surface area contributed by atoms with Crippen LogP contribution < -0.4 is 0 Å². The molecule has 0 radical (unpaired) electrons. The van der Waals surface area contributed by atoms with Gasteiger partial charge in [0, 0.05) is 26.4 Å². The van der Waals surface area contributed by atoms with Crippen LogP contribution in [0.3, 0.4) is 0 Å². The Balaban J connectivity index is 3.03. The zero-order chi connectivity index (χ0) is 24.3. The lowest BCUT2D eigenvalue weighted by molar-refractivity contribution is -0.315. The van der Waals surface area contributed by atoms with Gasteiger partial charge in [0.05, 0.1) is 0 Å². The Labute approximate surface area is 201 Å². The highest BCUT2D eigenvalue weighted by molar-refractivity contribution is 5.73. The monoisotopic (exact) mass is 474 g/mol. The third-order valence-corrected chi connectivity index (χ3v) is 5.94. The van der Waals surface area contributed by atoms with E-state index in [9.17, 15) is 9.90 Å². The van der Waals surface area contributed by atoms with Crippen molar-refractivity contribution in [2.75, 3.05) is 26.4 Å². The first-order chi connectivity index (χ1) is 16.1. The average molecular weight is 475 g/mol. The molecule has 1 heterocycles. The second-order valence-corrected chi connectivity index (χ2v) is 8.97. The summed E-state index contributed by atoms with van der Waals surface area (Å²) in [6.07, 6.45) is 8.48. The van der Waals surface area contributed by atoms with E-state index in [1.54, 1.807) is 0 Å². The van der Waals surface area contributed by atoms with Gasteiger partial charge in [-0.15, -0.1) is 0 Å². The molecule has 5 atom stereocenters. The summed E-state index contributed by atoms with van der Waals surface area (Å²) >= 11 is 0. The van der Waals surface area contributed by atoms with E-state index < -0.39 is 36.7 Å². The van der Waals surface area contributed by atoms with Crippen LogP contribution in [0, 0.1) is 0 Å². The maximum Gasteiger partial charge on any atom is 0.335 e. The smallest absolute Gasteiger partial charge is 0.335 e. The molecule has 0 aliphatic carbocycles. The minimum Gasteiger partial charge on any atom is -0.479 e. The van der Waals surface area contributed by atoms with Crippen LogP contribution in [0.5, 0.6) is 0 Å². The van der Waals surface area contributed by atoms with E-state index in [0.717, 1.165) is 77.0 Å². The van der Waals surface area contributed by atoms with Gasteiger partial charge in [-0.1, -0.05) is 79.1 Å². The molecule has 1 saturated heterocycles.